The van der Waals surface area contributed by atoms with Gasteiger partial charge >= 0.3 is 6.03 Å². The molecule has 6 nitrogen and oxygen atoms in total. The maximum Gasteiger partial charge on any atom is 0.322 e. The fourth-order valence-corrected chi connectivity index (χ4v) is 4.73. The van der Waals surface area contributed by atoms with Crippen molar-refractivity contribution >= 4 is 34.3 Å². The standard InChI is InChI=1S/C21H16F2N4O2S/c1-27(21(29)25-13-3-5-16(23)11(6-13)8-24)18-10-30-9-17-19(18)14-4-2-12(22)7-15(14)20(28)26-17/h2-7,18H,9-10H2,1H3,(H,25,29)(H,26,28)/t18-/m1/s1. The molecule has 3 aromatic rings. The van der Waals surface area contributed by atoms with Gasteiger partial charge in [0.2, 0.25) is 0 Å². The van der Waals surface area contributed by atoms with Crippen molar-refractivity contribution in [3.05, 3.63) is 75.2 Å². The monoisotopic (exact) mass is 426 g/mol. The fraction of sp³-hybridized carbons (Fsp3) is 0.190. The van der Waals surface area contributed by atoms with Crippen LogP contribution in [0.1, 0.15) is 22.9 Å². The lowest BCUT2D eigenvalue weighted by atomic mass is 9.97. The molecule has 1 aliphatic rings. The van der Waals surface area contributed by atoms with Crippen LogP contribution in [0.3, 0.4) is 0 Å². The molecule has 2 N–H and O–H groups in total. The number of thioether (sulfide) groups is 1. The van der Waals surface area contributed by atoms with Crippen LogP contribution in [-0.4, -0.2) is 28.7 Å². The molecule has 0 saturated heterocycles. The van der Waals surface area contributed by atoms with Gasteiger partial charge in [-0.2, -0.15) is 17.0 Å². The summed E-state index contributed by atoms with van der Waals surface area (Å²) in [6, 6.07) is 8.71. The van der Waals surface area contributed by atoms with E-state index in [1.807, 2.05) is 0 Å². The molecule has 0 radical (unpaired) electrons. The topological polar surface area (TPSA) is 89.0 Å². The summed E-state index contributed by atoms with van der Waals surface area (Å²) in [5.41, 5.74) is 1.24. The molecule has 2 heterocycles. The zero-order valence-corrected chi connectivity index (χ0v) is 16.6. The summed E-state index contributed by atoms with van der Waals surface area (Å²) in [4.78, 5) is 29.5. The van der Waals surface area contributed by atoms with Gasteiger partial charge in [-0.3, -0.25) is 4.79 Å². The van der Waals surface area contributed by atoms with Crippen LogP contribution in [0.4, 0.5) is 19.3 Å². The van der Waals surface area contributed by atoms with Crippen molar-refractivity contribution < 1.29 is 13.6 Å². The van der Waals surface area contributed by atoms with Gasteiger partial charge in [-0.1, -0.05) is 6.07 Å². The predicted molar refractivity (Wildman–Crippen MR) is 111 cm³/mol. The molecule has 2 aromatic carbocycles. The number of hydrogen-bond acceptors (Lipinski definition) is 4. The molecule has 30 heavy (non-hydrogen) atoms. The Bertz CT molecular complexity index is 1270. The molecule has 2 amide bonds. The number of nitriles is 1. The van der Waals surface area contributed by atoms with Gasteiger partial charge in [-0.25, -0.2) is 13.6 Å². The van der Waals surface area contributed by atoms with Gasteiger partial charge in [0, 0.05) is 35.5 Å². The fourth-order valence-electron chi connectivity index (χ4n) is 3.57. The van der Waals surface area contributed by atoms with Crippen LogP contribution >= 0.6 is 11.8 Å². The van der Waals surface area contributed by atoms with Crippen molar-refractivity contribution in [1.29, 1.82) is 5.26 Å². The molecule has 0 saturated carbocycles. The van der Waals surface area contributed by atoms with Crippen molar-refractivity contribution in [3.63, 3.8) is 0 Å². The molecule has 0 unspecified atom stereocenters. The van der Waals surface area contributed by atoms with Gasteiger partial charge in [-0.05, 0) is 35.7 Å². The summed E-state index contributed by atoms with van der Waals surface area (Å²) in [7, 11) is 1.62. The Kier molecular flexibility index (Phi) is 5.18. The van der Waals surface area contributed by atoms with Crippen molar-refractivity contribution in [3.8, 4) is 6.07 Å². The zero-order chi connectivity index (χ0) is 21.4. The van der Waals surface area contributed by atoms with Crippen LogP contribution in [0.25, 0.3) is 10.8 Å². The van der Waals surface area contributed by atoms with Gasteiger partial charge < -0.3 is 15.2 Å². The summed E-state index contributed by atoms with van der Waals surface area (Å²) < 4.78 is 27.2. The minimum Gasteiger partial charge on any atom is -0.324 e. The summed E-state index contributed by atoms with van der Waals surface area (Å²) in [6.45, 7) is 0. The second kappa shape index (κ2) is 7.80. The highest BCUT2D eigenvalue weighted by Crippen LogP contribution is 2.37. The lowest BCUT2D eigenvalue weighted by molar-refractivity contribution is 0.209. The lowest BCUT2D eigenvalue weighted by Gasteiger charge is -2.33. The molecule has 1 aromatic heterocycles. The number of hydrogen-bond donors (Lipinski definition) is 2. The van der Waals surface area contributed by atoms with Crippen LogP contribution in [0.2, 0.25) is 0 Å². The van der Waals surface area contributed by atoms with Crippen molar-refractivity contribution in [1.82, 2.24) is 9.88 Å². The number of carbonyl (C=O) groups excluding carboxylic acids is 1. The second-order valence-electron chi connectivity index (χ2n) is 6.91. The van der Waals surface area contributed by atoms with E-state index >= 15 is 0 Å². The SMILES string of the molecule is CN(C(=O)Nc1ccc(F)c(C#N)c1)[C@@H]1CSCc2[nH]c(=O)c3cc(F)ccc3c21. The molecule has 152 valence electrons. The van der Waals surface area contributed by atoms with E-state index < -0.39 is 17.7 Å². The molecular formula is C21H16F2N4O2S. The van der Waals surface area contributed by atoms with E-state index in [4.69, 9.17) is 5.26 Å². The van der Waals surface area contributed by atoms with E-state index in [1.54, 1.807) is 30.9 Å². The molecule has 9 heteroatoms. The molecule has 0 fully saturated rings. The number of amides is 2. The Morgan fingerprint density at radius 1 is 1.27 bits per heavy atom. The number of benzene rings is 2. The van der Waals surface area contributed by atoms with Gasteiger partial charge in [0.25, 0.3) is 5.56 Å². The number of nitrogens with one attached hydrogen (secondary N) is 2. The van der Waals surface area contributed by atoms with Crippen LogP contribution in [0.5, 0.6) is 0 Å². The number of nitrogens with zero attached hydrogens (tertiary/aromatic N) is 2. The van der Waals surface area contributed by atoms with E-state index in [1.165, 1.54) is 29.2 Å². The van der Waals surface area contributed by atoms with Crippen molar-refractivity contribution in [2.75, 3.05) is 18.1 Å². The van der Waals surface area contributed by atoms with Crippen LogP contribution in [0, 0.1) is 23.0 Å². The molecule has 1 atom stereocenters. The minimum atomic E-state index is -0.663. The number of rotatable bonds is 2. The van der Waals surface area contributed by atoms with Gasteiger partial charge in [0.1, 0.15) is 17.7 Å². The zero-order valence-electron chi connectivity index (χ0n) is 15.8. The van der Waals surface area contributed by atoms with Crippen LogP contribution < -0.4 is 10.9 Å². The highest BCUT2D eigenvalue weighted by molar-refractivity contribution is 7.98. The maximum atomic E-state index is 13.7. The quantitative estimate of drug-likeness (QED) is 0.645. The van der Waals surface area contributed by atoms with E-state index in [0.29, 0.717) is 28.3 Å². The molecule has 0 aliphatic carbocycles. The first-order valence-electron chi connectivity index (χ1n) is 9.04. The van der Waals surface area contributed by atoms with E-state index in [-0.39, 0.29) is 22.6 Å². The highest BCUT2D eigenvalue weighted by Gasteiger charge is 2.30. The number of fused-ring (bicyclic) bond motifs is 3. The first-order valence-corrected chi connectivity index (χ1v) is 10.2. The Hall–Kier alpha value is -3.38. The Morgan fingerprint density at radius 2 is 2.07 bits per heavy atom. The molecular weight excluding hydrogens is 410 g/mol. The average Bonchev–Trinajstić information content (AvgIpc) is 2.74. The number of aromatic amines is 1. The molecule has 0 bridgehead atoms. The third-order valence-electron chi connectivity index (χ3n) is 5.09. The molecule has 0 spiro atoms. The largest absolute Gasteiger partial charge is 0.324 e. The number of urea groups is 1. The highest BCUT2D eigenvalue weighted by atomic mass is 32.2. The first-order chi connectivity index (χ1) is 14.4. The number of aromatic nitrogens is 1. The van der Waals surface area contributed by atoms with Gasteiger partial charge in [-0.15, -0.1) is 0 Å². The lowest BCUT2D eigenvalue weighted by Crippen LogP contribution is -2.38. The van der Waals surface area contributed by atoms with Crippen LogP contribution in [-0.2, 0) is 5.75 Å². The smallest absolute Gasteiger partial charge is 0.322 e. The molecule has 1 aliphatic heterocycles. The van der Waals surface area contributed by atoms with Crippen LogP contribution in [0.15, 0.2) is 41.2 Å². The summed E-state index contributed by atoms with van der Waals surface area (Å²) in [5.74, 6) is -0.00941. The summed E-state index contributed by atoms with van der Waals surface area (Å²) >= 11 is 1.57. The maximum absolute atomic E-state index is 13.7. The first kappa shape index (κ1) is 19.9. The number of anilines is 1. The summed E-state index contributed by atoms with van der Waals surface area (Å²) in [5, 5.41) is 12.5. The second-order valence-corrected chi connectivity index (χ2v) is 7.94. The molecule has 4 rings (SSSR count). The Labute approximate surface area is 174 Å². The normalized spacial score (nSPS) is 15.3. The average molecular weight is 426 g/mol. The van der Waals surface area contributed by atoms with Gasteiger partial charge in [0.05, 0.1) is 17.0 Å². The number of carbonyl (C=O) groups is 1. The van der Waals surface area contributed by atoms with Gasteiger partial charge in [0.15, 0.2) is 0 Å². The van der Waals surface area contributed by atoms with E-state index in [0.717, 1.165) is 11.6 Å². The Morgan fingerprint density at radius 3 is 2.83 bits per heavy atom. The number of pyridine rings is 1. The van der Waals surface area contributed by atoms with E-state index in [2.05, 4.69) is 10.3 Å². The minimum absolute atomic E-state index is 0.167. The number of H-pyrrole nitrogens is 1. The summed E-state index contributed by atoms with van der Waals surface area (Å²) in [6.07, 6.45) is 0. The number of halogens is 2. The van der Waals surface area contributed by atoms with Crippen molar-refractivity contribution in [2.45, 2.75) is 11.8 Å². The van der Waals surface area contributed by atoms with Crippen molar-refractivity contribution in [2.24, 2.45) is 0 Å². The predicted octanol–water partition coefficient (Wildman–Crippen LogP) is 4.13. The Balaban J connectivity index is 1.70. The van der Waals surface area contributed by atoms with E-state index in [9.17, 15) is 18.4 Å². The third kappa shape index (κ3) is 3.50. The third-order valence-corrected chi connectivity index (χ3v) is 6.13.